The van der Waals surface area contributed by atoms with Gasteiger partial charge in [-0.25, -0.2) is 0 Å². The highest BCUT2D eigenvalue weighted by atomic mass is 16.6. The molecule has 0 radical (unpaired) electrons. The van der Waals surface area contributed by atoms with Crippen molar-refractivity contribution in [1.82, 2.24) is 5.48 Å². The van der Waals surface area contributed by atoms with Gasteiger partial charge in [-0.3, -0.25) is 0 Å². The molecule has 0 aliphatic carbocycles. The summed E-state index contributed by atoms with van der Waals surface area (Å²) in [5.41, 5.74) is 3.14. The fourth-order valence-electron chi connectivity index (χ4n) is 2.99. The largest absolute Gasteiger partial charge is 0.301 e. The van der Waals surface area contributed by atoms with E-state index >= 15 is 0 Å². The molecule has 0 aromatic rings. The van der Waals surface area contributed by atoms with Crippen LogP contribution in [-0.2, 0) is 4.84 Å². The molecule has 0 fully saturated rings. The summed E-state index contributed by atoms with van der Waals surface area (Å²) in [5, 5.41) is 0. The molecule has 0 aromatic carbocycles. The summed E-state index contributed by atoms with van der Waals surface area (Å²) in [5.74, 6) is 0. The van der Waals surface area contributed by atoms with Crippen LogP contribution in [0.15, 0.2) is 0 Å². The molecule has 0 spiro atoms. The lowest BCUT2D eigenvalue weighted by molar-refractivity contribution is -0.00760. The molecular formula is C22H47NO. The first kappa shape index (κ1) is 23.9. The molecule has 146 valence electrons. The second-order valence-electron chi connectivity index (χ2n) is 8.50. The average molecular weight is 342 g/mol. The van der Waals surface area contributed by atoms with Gasteiger partial charge in [-0.2, -0.15) is 5.48 Å². The Morgan fingerprint density at radius 1 is 0.542 bits per heavy atom. The lowest BCUT2D eigenvalue weighted by atomic mass is 10.0. The van der Waals surface area contributed by atoms with Crippen LogP contribution >= 0.6 is 0 Å². The summed E-state index contributed by atoms with van der Waals surface area (Å²) >= 11 is 0. The van der Waals surface area contributed by atoms with Crippen LogP contribution in [0.25, 0.3) is 0 Å². The topological polar surface area (TPSA) is 21.3 Å². The highest BCUT2D eigenvalue weighted by molar-refractivity contribution is 4.63. The smallest absolute Gasteiger partial charge is 0.0682 e. The second-order valence-corrected chi connectivity index (χ2v) is 8.50. The molecule has 0 saturated carbocycles. The third-order valence-electron chi connectivity index (χ3n) is 4.48. The quantitative estimate of drug-likeness (QED) is 0.205. The van der Waals surface area contributed by atoms with Gasteiger partial charge < -0.3 is 4.84 Å². The predicted molar refractivity (Wildman–Crippen MR) is 108 cm³/mol. The normalized spacial score (nSPS) is 12.0. The summed E-state index contributed by atoms with van der Waals surface area (Å²) < 4.78 is 0. The number of unbranched alkanes of at least 4 members (excludes halogenated alkanes) is 15. The summed E-state index contributed by atoms with van der Waals surface area (Å²) in [6.07, 6.45) is 22.6. The van der Waals surface area contributed by atoms with E-state index in [1.807, 2.05) is 0 Å². The van der Waals surface area contributed by atoms with Gasteiger partial charge in [0.05, 0.1) is 6.61 Å². The van der Waals surface area contributed by atoms with E-state index in [2.05, 4.69) is 33.2 Å². The highest BCUT2D eigenvalue weighted by Gasteiger charge is 2.07. The van der Waals surface area contributed by atoms with E-state index in [1.54, 1.807) is 0 Å². The average Bonchev–Trinajstić information content (AvgIpc) is 2.52. The Morgan fingerprint density at radius 2 is 0.875 bits per heavy atom. The van der Waals surface area contributed by atoms with Gasteiger partial charge in [0.1, 0.15) is 0 Å². The predicted octanol–water partition coefficient (Wildman–Crippen LogP) is 7.57. The molecule has 0 aromatic heterocycles. The Morgan fingerprint density at radius 3 is 1.21 bits per heavy atom. The van der Waals surface area contributed by atoms with Crippen molar-refractivity contribution in [3.05, 3.63) is 0 Å². The van der Waals surface area contributed by atoms with Crippen molar-refractivity contribution >= 4 is 0 Å². The van der Waals surface area contributed by atoms with Gasteiger partial charge in [-0.1, -0.05) is 103 Å². The fraction of sp³-hybridized carbons (Fsp3) is 1.00. The SMILES string of the molecule is CCCCCCCCCCCCCCCCCCONC(C)(C)C. The van der Waals surface area contributed by atoms with Crippen LogP contribution in [0.2, 0.25) is 0 Å². The summed E-state index contributed by atoms with van der Waals surface area (Å²) in [6.45, 7) is 9.51. The van der Waals surface area contributed by atoms with E-state index in [0.29, 0.717) is 0 Å². The minimum atomic E-state index is 0.0645. The Balaban J connectivity index is 3.00. The fourth-order valence-corrected chi connectivity index (χ4v) is 2.99. The van der Waals surface area contributed by atoms with Crippen molar-refractivity contribution in [3.8, 4) is 0 Å². The van der Waals surface area contributed by atoms with Crippen molar-refractivity contribution in [2.24, 2.45) is 0 Å². The van der Waals surface area contributed by atoms with Gasteiger partial charge in [0.25, 0.3) is 0 Å². The summed E-state index contributed by atoms with van der Waals surface area (Å²) in [7, 11) is 0. The van der Waals surface area contributed by atoms with Gasteiger partial charge in [-0.05, 0) is 27.2 Å². The first-order valence-electron chi connectivity index (χ1n) is 10.9. The van der Waals surface area contributed by atoms with Crippen LogP contribution < -0.4 is 5.48 Å². The van der Waals surface area contributed by atoms with Crippen LogP contribution in [0.1, 0.15) is 130 Å². The monoisotopic (exact) mass is 341 g/mol. The molecule has 0 atom stereocenters. The van der Waals surface area contributed by atoms with Crippen LogP contribution in [0.5, 0.6) is 0 Å². The molecule has 0 saturated heterocycles. The Kier molecular flexibility index (Phi) is 17.7. The first-order valence-corrected chi connectivity index (χ1v) is 10.9. The Hall–Kier alpha value is -0.0800. The lowest BCUT2D eigenvalue weighted by Crippen LogP contribution is -2.35. The van der Waals surface area contributed by atoms with E-state index in [1.165, 1.54) is 103 Å². The van der Waals surface area contributed by atoms with Crippen LogP contribution in [0, 0.1) is 0 Å². The lowest BCUT2D eigenvalue weighted by Gasteiger charge is -2.19. The zero-order chi connectivity index (χ0) is 17.9. The van der Waals surface area contributed by atoms with E-state index < -0.39 is 0 Å². The maximum atomic E-state index is 5.47. The van der Waals surface area contributed by atoms with E-state index in [4.69, 9.17) is 4.84 Å². The van der Waals surface area contributed by atoms with Gasteiger partial charge in [0.2, 0.25) is 0 Å². The third kappa shape index (κ3) is 21.9. The van der Waals surface area contributed by atoms with Gasteiger partial charge >= 0.3 is 0 Å². The standard InChI is InChI=1S/C22H47NO/c1-5-6-7-8-9-10-11-12-13-14-15-16-17-18-19-20-21-24-23-22(2,3)4/h23H,5-21H2,1-4H3. The van der Waals surface area contributed by atoms with Gasteiger partial charge in [0, 0.05) is 5.54 Å². The third-order valence-corrected chi connectivity index (χ3v) is 4.48. The second kappa shape index (κ2) is 17.7. The van der Waals surface area contributed by atoms with Crippen molar-refractivity contribution in [2.75, 3.05) is 6.61 Å². The molecule has 0 heterocycles. The molecule has 24 heavy (non-hydrogen) atoms. The highest BCUT2D eigenvalue weighted by Crippen LogP contribution is 2.13. The van der Waals surface area contributed by atoms with Crippen LogP contribution in [-0.4, -0.2) is 12.1 Å². The maximum absolute atomic E-state index is 5.47. The zero-order valence-electron chi connectivity index (χ0n) is 17.4. The molecule has 0 bridgehead atoms. The number of hydroxylamine groups is 1. The summed E-state index contributed by atoms with van der Waals surface area (Å²) in [4.78, 5) is 5.47. The minimum absolute atomic E-state index is 0.0645. The van der Waals surface area contributed by atoms with Crippen molar-refractivity contribution < 1.29 is 4.84 Å². The molecule has 0 aliphatic heterocycles. The Bertz CT molecular complexity index is 235. The molecule has 0 amide bonds. The van der Waals surface area contributed by atoms with Gasteiger partial charge in [-0.15, -0.1) is 0 Å². The van der Waals surface area contributed by atoms with Crippen molar-refractivity contribution in [1.29, 1.82) is 0 Å². The van der Waals surface area contributed by atoms with Crippen LogP contribution in [0.3, 0.4) is 0 Å². The number of hydrogen-bond donors (Lipinski definition) is 1. The Labute approximate surface area is 153 Å². The van der Waals surface area contributed by atoms with Crippen LogP contribution in [0.4, 0.5) is 0 Å². The molecular weight excluding hydrogens is 294 g/mol. The van der Waals surface area contributed by atoms with E-state index in [9.17, 15) is 0 Å². The molecule has 1 N–H and O–H groups in total. The maximum Gasteiger partial charge on any atom is 0.0682 e. The molecule has 0 rings (SSSR count). The molecule has 2 nitrogen and oxygen atoms in total. The van der Waals surface area contributed by atoms with Crippen molar-refractivity contribution in [2.45, 2.75) is 136 Å². The van der Waals surface area contributed by atoms with E-state index in [-0.39, 0.29) is 5.54 Å². The zero-order valence-corrected chi connectivity index (χ0v) is 17.4. The van der Waals surface area contributed by atoms with E-state index in [0.717, 1.165) is 6.61 Å². The molecule has 0 unspecified atom stereocenters. The van der Waals surface area contributed by atoms with Gasteiger partial charge in [0.15, 0.2) is 0 Å². The van der Waals surface area contributed by atoms with Crippen molar-refractivity contribution in [3.63, 3.8) is 0 Å². The summed E-state index contributed by atoms with van der Waals surface area (Å²) in [6, 6.07) is 0. The number of nitrogens with one attached hydrogen (secondary N) is 1. The number of rotatable bonds is 18. The molecule has 0 aliphatic rings. The number of hydrogen-bond acceptors (Lipinski definition) is 2. The first-order chi connectivity index (χ1) is 11.6. The minimum Gasteiger partial charge on any atom is -0.301 e. The molecule has 2 heteroatoms.